The Hall–Kier alpha value is -5.42. The van der Waals surface area contributed by atoms with Gasteiger partial charge in [-0.3, -0.25) is 33.6 Å². The van der Waals surface area contributed by atoms with Crippen LogP contribution in [0, 0.1) is 17.8 Å². The summed E-state index contributed by atoms with van der Waals surface area (Å²) in [5.41, 5.74) is 29.9. The quantitative estimate of drug-likeness (QED) is 0.0397. The zero-order valence-corrected chi connectivity index (χ0v) is 44.3. The lowest BCUT2D eigenvalue weighted by atomic mass is 9.94. The third-order valence-corrected chi connectivity index (χ3v) is 13.0. The molecular weight excluding hydrogens is 941 g/mol. The first-order valence-corrected chi connectivity index (χ1v) is 26.4. The number of phenolic OH excluding ortho intramolecular Hbond substituents is 1. The van der Waals surface area contributed by atoms with E-state index in [1.807, 2.05) is 27.7 Å². The summed E-state index contributed by atoms with van der Waals surface area (Å²) in [6.45, 7) is 12.1. The summed E-state index contributed by atoms with van der Waals surface area (Å²) < 4.78 is 0. The van der Waals surface area contributed by atoms with Gasteiger partial charge in [0.05, 0.1) is 6.04 Å². The Labute approximate surface area is 432 Å². The Kier molecular flexibility index (Phi) is 32.8. The Morgan fingerprint density at radius 2 is 0.781 bits per heavy atom. The molecule has 19 N–H and O–H groups in total. The van der Waals surface area contributed by atoms with Crippen molar-refractivity contribution in [1.29, 1.82) is 0 Å². The molecule has 0 saturated heterocycles. The molecule has 0 unspecified atom stereocenters. The van der Waals surface area contributed by atoms with Crippen LogP contribution in [0.2, 0.25) is 0 Å². The monoisotopic (exact) mass is 1030 g/mol. The molecular formula is C51H92N12O10. The van der Waals surface area contributed by atoms with Gasteiger partial charge in [-0.05, 0) is 152 Å². The molecule has 0 aromatic heterocycles. The molecule has 1 aromatic carbocycles. The summed E-state index contributed by atoms with van der Waals surface area (Å²) in [6, 6.07) is -2.95. The average Bonchev–Trinajstić information content (AvgIpc) is 3.35. The molecule has 7 amide bonds. The lowest BCUT2D eigenvalue weighted by Crippen LogP contribution is -2.62. The molecule has 0 saturated carbocycles. The molecule has 10 atom stereocenters. The summed E-state index contributed by atoms with van der Waals surface area (Å²) in [5.74, 6) is -6.80. The van der Waals surface area contributed by atoms with Crippen LogP contribution >= 0.6 is 0 Å². The Morgan fingerprint density at radius 3 is 1.12 bits per heavy atom. The molecule has 0 aliphatic carbocycles. The van der Waals surface area contributed by atoms with Gasteiger partial charge >= 0.3 is 5.97 Å². The number of hydrogen-bond acceptors (Lipinski definition) is 14. The van der Waals surface area contributed by atoms with Crippen molar-refractivity contribution in [3.8, 4) is 5.75 Å². The van der Waals surface area contributed by atoms with Gasteiger partial charge in [0.2, 0.25) is 41.4 Å². The van der Waals surface area contributed by atoms with Crippen molar-refractivity contribution < 1.29 is 48.6 Å². The molecule has 0 aliphatic rings. The summed E-state index contributed by atoms with van der Waals surface area (Å²) in [5, 5.41) is 38.7. The van der Waals surface area contributed by atoms with Gasteiger partial charge < -0.3 is 76.1 Å². The second-order valence-electron chi connectivity index (χ2n) is 19.6. The third kappa shape index (κ3) is 25.4. The van der Waals surface area contributed by atoms with Gasteiger partial charge in [-0.15, -0.1) is 0 Å². The predicted molar refractivity (Wildman–Crippen MR) is 281 cm³/mol. The third-order valence-electron chi connectivity index (χ3n) is 13.0. The molecule has 0 fully saturated rings. The Morgan fingerprint density at radius 1 is 0.466 bits per heavy atom. The minimum Gasteiger partial charge on any atom is -0.508 e. The number of nitrogens with two attached hydrogens (primary N) is 5. The summed E-state index contributed by atoms with van der Waals surface area (Å²) in [4.78, 5) is 110. The van der Waals surface area contributed by atoms with Crippen LogP contribution < -0.4 is 65.9 Å². The van der Waals surface area contributed by atoms with Crippen molar-refractivity contribution in [2.24, 2.45) is 46.4 Å². The number of hydrogen-bond donors (Lipinski definition) is 14. The van der Waals surface area contributed by atoms with E-state index in [1.165, 1.54) is 12.1 Å². The van der Waals surface area contributed by atoms with Crippen molar-refractivity contribution in [2.75, 3.05) is 26.2 Å². The van der Waals surface area contributed by atoms with Crippen LogP contribution in [0.15, 0.2) is 24.3 Å². The van der Waals surface area contributed by atoms with Gasteiger partial charge in [-0.1, -0.05) is 66.5 Å². The van der Waals surface area contributed by atoms with Gasteiger partial charge in [0.15, 0.2) is 0 Å². The van der Waals surface area contributed by atoms with E-state index in [-0.39, 0.29) is 50.2 Å². The summed E-state index contributed by atoms with van der Waals surface area (Å²) >= 11 is 0. The summed E-state index contributed by atoms with van der Waals surface area (Å²) in [6.07, 6.45) is 5.71. The van der Waals surface area contributed by atoms with Crippen LogP contribution in [0.25, 0.3) is 0 Å². The number of rotatable bonds is 39. The van der Waals surface area contributed by atoms with Gasteiger partial charge in [-0.25, -0.2) is 4.79 Å². The smallest absolute Gasteiger partial charge is 0.326 e. The zero-order chi connectivity index (χ0) is 55.0. The van der Waals surface area contributed by atoms with Crippen LogP contribution in [0.3, 0.4) is 0 Å². The maximum absolute atomic E-state index is 14.4. The molecule has 0 aliphatic heterocycles. The molecule has 1 rings (SSSR count). The minimum atomic E-state index is -1.21. The molecule has 0 radical (unpaired) electrons. The van der Waals surface area contributed by atoms with E-state index >= 15 is 0 Å². The van der Waals surface area contributed by atoms with Crippen LogP contribution in [0.5, 0.6) is 5.75 Å². The van der Waals surface area contributed by atoms with Gasteiger partial charge in [-0.2, -0.15) is 0 Å². The van der Waals surface area contributed by atoms with E-state index in [1.54, 1.807) is 26.0 Å². The fourth-order valence-electron chi connectivity index (χ4n) is 7.98. The molecule has 0 heterocycles. The number of benzene rings is 1. The lowest BCUT2D eigenvalue weighted by Gasteiger charge is -2.31. The number of nitrogens with one attached hydrogen (secondary N) is 7. The average molecular weight is 1030 g/mol. The van der Waals surface area contributed by atoms with Gasteiger partial charge in [0, 0.05) is 0 Å². The first-order chi connectivity index (χ1) is 34.7. The number of carbonyl (C=O) groups excluding carboxylic acids is 7. The highest BCUT2D eigenvalue weighted by atomic mass is 16.4. The van der Waals surface area contributed by atoms with E-state index in [0.717, 1.165) is 0 Å². The maximum atomic E-state index is 14.4. The second kappa shape index (κ2) is 36.5. The Bertz CT molecular complexity index is 1840. The zero-order valence-electron chi connectivity index (χ0n) is 44.3. The van der Waals surface area contributed by atoms with Crippen molar-refractivity contribution in [3.63, 3.8) is 0 Å². The number of phenols is 1. The highest BCUT2D eigenvalue weighted by Gasteiger charge is 2.37. The normalized spacial score (nSPS) is 15.5. The molecule has 73 heavy (non-hydrogen) atoms. The number of amides is 7. The second-order valence-corrected chi connectivity index (χ2v) is 19.6. The van der Waals surface area contributed by atoms with Crippen molar-refractivity contribution in [1.82, 2.24) is 37.2 Å². The Balaban J connectivity index is 3.46. The molecule has 0 spiro atoms. The summed E-state index contributed by atoms with van der Waals surface area (Å²) in [7, 11) is 0. The van der Waals surface area contributed by atoms with Crippen molar-refractivity contribution in [2.45, 2.75) is 193 Å². The van der Waals surface area contributed by atoms with E-state index in [9.17, 15) is 48.6 Å². The number of aliphatic carboxylic acids is 1. The van der Waals surface area contributed by atoms with E-state index in [0.29, 0.717) is 96.0 Å². The number of carboxylic acids is 1. The SMILES string of the molecule is CC[C@H](C)[C@H](NC(=O)[C@H](CCCCN)NC(=O)[C@H](CCCCN)NC(=O)[C@@H](N)Cc1ccc(O)cc1)C(=O)N[C@H](C(=O)N[C@@H](CCCCN)C(=O)N[C@@H](CCCCN)C(=O)N[C@@H](CC(C)C)C(=O)O)[C@@H](C)CC. The standard InChI is InChI=1S/C51H92N12O10/c1-7-32(5)42(49(70)60-39(19-11-15-27-54)46(67)58-38(18-10-14-26-53)47(68)61-41(51(72)73)29-31(3)4)63-50(71)43(33(6)8-2)62-48(69)40(20-12-16-28-55)59-45(66)37(17-9-13-25-52)57-44(65)36(56)30-34-21-23-35(64)24-22-34/h21-24,31-33,36-43,64H,7-20,25-30,52-56H2,1-6H3,(H,57,65)(H,58,67)(H,59,66)(H,60,70)(H,61,68)(H,62,69)(H,63,71)(H,72,73)/t32-,33-,36-,37-,38-,39-,40-,41-,42-,43-/m0/s1. The number of carbonyl (C=O) groups is 8. The van der Waals surface area contributed by atoms with Gasteiger partial charge in [0.1, 0.15) is 48.0 Å². The number of unbranched alkanes of at least 4 members (excludes halogenated alkanes) is 4. The number of aromatic hydroxyl groups is 1. The van der Waals surface area contributed by atoms with Crippen molar-refractivity contribution in [3.05, 3.63) is 29.8 Å². The largest absolute Gasteiger partial charge is 0.508 e. The predicted octanol–water partition coefficient (Wildman–Crippen LogP) is 0.394. The molecule has 22 nitrogen and oxygen atoms in total. The van der Waals surface area contributed by atoms with E-state index in [2.05, 4.69) is 37.2 Å². The molecule has 22 heteroatoms. The fourth-order valence-corrected chi connectivity index (χ4v) is 7.98. The van der Waals surface area contributed by atoms with Crippen LogP contribution in [-0.4, -0.2) is 132 Å². The lowest BCUT2D eigenvalue weighted by molar-refractivity contribution is -0.143. The fraction of sp³-hybridized carbons (Fsp3) is 0.725. The van der Waals surface area contributed by atoms with Crippen LogP contribution in [-0.2, 0) is 44.8 Å². The van der Waals surface area contributed by atoms with Gasteiger partial charge in [0.25, 0.3) is 0 Å². The first kappa shape index (κ1) is 65.6. The molecule has 416 valence electrons. The number of carboxylic acid groups (broad SMARTS) is 1. The topological polar surface area (TPSA) is 391 Å². The minimum absolute atomic E-state index is 0.0477. The van der Waals surface area contributed by atoms with Crippen LogP contribution in [0.4, 0.5) is 0 Å². The van der Waals surface area contributed by atoms with E-state index in [4.69, 9.17) is 28.7 Å². The highest BCUT2D eigenvalue weighted by Crippen LogP contribution is 2.16. The molecule has 1 aromatic rings. The van der Waals surface area contributed by atoms with Crippen molar-refractivity contribution >= 4 is 47.3 Å². The molecule has 0 bridgehead atoms. The van der Waals surface area contributed by atoms with Crippen LogP contribution in [0.1, 0.15) is 143 Å². The first-order valence-electron chi connectivity index (χ1n) is 26.4. The van der Waals surface area contributed by atoms with E-state index < -0.39 is 107 Å². The maximum Gasteiger partial charge on any atom is 0.326 e. The highest BCUT2D eigenvalue weighted by molar-refractivity contribution is 5.97.